The van der Waals surface area contributed by atoms with Gasteiger partial charge in [-0.1, -0.05) is 6.07 Å². The van der Waals surface area contributed by atoms with Crippen molar-refractivity contribution in [2.45, 2.75) is 6.92 Å². The molecule has 0 unspecified atom stereocenters. The van der Waals surface area contributed by atoms with E-state index in [0.717, 1.165) is 13.1 Å². The zero-order valence-electron chi connectivity index (χ0n) is 10.6. The molecule has 1 aromatic carbocycles. The number of rotatable bonds is 2. The highest BCUT2D eigenvalue weighted by molar-refractivity contribution is 9.10. The van der Waals surface area contributed by atoms with Crippen LogP contribution in [0.5, 0.6) is 5.75 Å². The number of piperazine rings is 1. The van der Waals surface area contributed by atoms with Gasteiger partial charge in [0.1, 0.15) is 5.69 Å². The summed E-state index contributed by atoms with van der Waals surface area (Å²) in [5.74, 6) is -0.122. The zero-order valence-corrected chi connectivity index (χ0v) is 12.2. The lowest BCUT2D eigenvalue weighted by Gasteiger charge is -2.29. The highest BCUT2D eigenvalue weighted by atomic mass is 79.9. The second kappa shape index (κ2) is 6.16. The van der Waals surface area contributed by atoms with E-state index in [1.54, 1.807) is 18.2 Å². The number of esters is 1. The van der Waals surface area contributed by atoms with E-state index in [2.05, 4.69) is 21.2 Å². The Morgan fingerprint density at radius 2 is 2.05 bits per heavy atom. The fraction of sp³-hybridized carbons (Fsp3) is 0.385. The van der Waals surface area contributed by atoms with Crippen LogP contribution in [0.25, 0.3) is 0 Å². The predicted octanol–water partition coefficient (Wildman–Crippen LogP) is 1.14. The molecule has 102 valence electrons. The van der Waals surface area contributed by atoms with E-state index in [0.29, 0.717) is 29.0 Å². The summed E-state index contributed by atoms with van der Waals surface area (Å²) in [5.41, 5.74) is 0.275. The van der Waals surface area contributed by atoms with Gasteiger partial charge in [-0.05, 0) is 28.1 Å². The third-order valence-corrected chi connectivity index (χ3v) is 3.47. The van der Waals surface area contributed by atoms with Gasteiger partial charge in [0.15, 0.2) is 5.75 Å². The SMILES string of the molecule is CC(=O)Oc1cccc(Br)c(=O)c1N1CCNCC1. The van der Waals surface area contributed by atoms with E-state index in [-0.39, 0.29) is 5.43 Å². The van der Waals surface area contributed by atoms with Gasteiger partial charge in [-0.25, -0.2) is 0 Å². The van der Waals surface area contributed by atoms with Crippen molar-refractivity contribution in [3.05, 3.63) is 32.9 Å². The van der Waals surface area contributed by atoms with Crippen LogP contribution in [0.3, 0.4) is 0 Å². The monoisotopic (exact) mass is 326 g/mol. The maximum atomic E-state index is 12.4. The Labute approximate surface area is 119 Å². The van der Waals surface area contributed by atoms with Crippen LogP contribution in [0, 0.1) is 0 Å². The Morgan fingerprint density at radius 3 is 2.68 bits per heavy atom. The normalized spacial score (nSPS) is 15.2. The number of nitrogens with one attached hydrogen (secondary N) is 1. The summed E-state index contributed by atoms with van der Waals surface area (Å²) < 4.78 is 5.63. The lowest BCUT2D eigenvalue weighted by atomic mass is 10.3. The first kappa shape index (κ1) is 14.0. The molecule has 1 aromatic rings. The molecule has 1 aliphatic rings. The maximum absolute atomic E-state index is 12.4. The highest BCUT2D eigenvalue weighted by Crippen LogP contribution is 2.25. The lowest BCUT2D eigenvalue weighted by molar-refractivity contribution is -0.131. The molecule has 1 N–H and O–H groups in total. The maximum Gasteiger partial charge on any atom is 0.308 e. The summed E-state index contributed by atoms with van der Waals surface area (Å²) in [6.45, 7) is 4.35. The molecule has 19 heavy (non-hydrogen) atoms. The molecule has 1 fully saturated rings. The summed E-state index contributed by atoms with van der Waals surface area (Å²) >= 11 is 3.25. The molecule has 0 atom stereocenters. The molecule has 2 rings (SSSR count). The van der Waals surface area contributed by atoms with Crippen molar-refractivity contribution >= 4 is 27.6 Å². The number of carbonyl (C=O) groups is 1. The lowest BCUT2D eigenvalue weighted by Crippen LogP contribution is -2.45. The molecule has 0 aromatic heterocycles. The molecule has 1 aliphatic heterocycles. The Morgan fingerprint density at radius 1 is 1.37 bits per heavy atom. The summed E-state index contributed by atoms with van der Waals surface area (Å²) in [6.07, 6.45) is 0. The first-order chi connectivity index (χ1) is 9.09. The summed E-state index contributed by atoms with van der Waals surface area (Å²) in [6, 6.07) is 4.99. The Kier molecular flexibility index (Phi) is 4.55. The van der Waals surface area contributed by atoms with Crippen LogP contribution in [0.1, 0.15) is 6.92 Å². The minimum atomic E-state index is -0.432. The molecule has 0 aliphatic carbocycles. The van der Waals surface area contributed by atoms with Gasteiger partial charge in [-0.3, -0.25) is 9.59 Å². The smallest absolute Gasteiger partial charge is 0.308 e. The summed E-state index contributed by atoms with van der Waals surface area (Å²) in [5, 5.41) is 3.22. The van der Waals surface area contributed by atoms with Crippen LogP contribution in [0.15, 0.2) is 27.5 Å². The van der Waals surface area contributed by atoms with Gasteiger partial charge >= 0.3 is 5.97 Å². The average Bonchev–Trinajstić information content (AvgIpc) is 2.51. The highest BCUT2D eigenvalue weighted by Gasteiger charge is 2.19. The fourth-order valence-corrected chi connectivity index (χ4v) is 2.37. The summed E-state index contributed by atoms with van der Waals surface area (Å²) in [7, 11) is 0. The number of hydrogen-bond acceptors (Lipinski definition) is 5. The molecule has 0 bridgehead atoms. The average molecular weight is 327 g/mol. The molecule has 0 spiro atoms. The molecule has 0 saturated carbocycles. The first-order valence-electron chi connectivity index (χ1n) is 6.06. The number of ether oxygens (including phenoxy) is 1. The zero-order chi connectivity index (χ0) is 13.8. The predicted molar refractivity (Wildman–Crippen MR) is 76.8 cm³/mol. The van der Waals surface area contributed by atoms with E-state index >= 15 is 0 Å². The number of halogens is 1. The van der Waals surface area contributed by atoms with Gasteiger partial charge in [0.25, 0.3) is 0 Å². The number of hydrogen-bond donors (Lipinski definition) is 1. The van der Waals surface area contributed by atoms with Crippen molar-refractivity contribution in [3.63, 3.8) is 0 Å². The molecule has 0 amide bonds. The minimum absolute atomic E-state index is 0.164. The Bertz CT molecular complexity index is 542. The van der Waals surface area contributed by atoms with Crippen molar-refractivity contribution in [2.75, 3.05) is 31.1 Å². The number of carbonyl (C=O) groups excluding carboxylic acids is 1. The van der Waals surface area contributed by atoms with Gasteiger partial charge < -0.3 is 15.0 Å². The first-order valence-corrected chi connectivity index (χ1v) is 6.86. The van der Waals surface area contributed by atoms with E-state index in [1.807, 2.05) is 4.90 Å². The van der Waals surface area contributed by atoms with Crippen LogP contribution < -0.4 is 20.4 Å². The van der Waals surface area contributed by atoms with Crippen LogP contribution in [0.2, 0.25) is 0 Å². The van der Waals surface area contributed by atoms with E-state index < -0.39 is 5.97 Å². The van der Waals surface area contributed by atoms with Crippen molar-refractivity contribution in [1.82, 2.24) is 5.32 Å². The number of nitrogens with zero attached hydrogens (tertiary/aromatic N) is 1. The van der Waals surface area contributed by atoms with Crippen LogP contribution in [-0.2, 0) is 4.79 Å². The molecular weight excluding hydrogens is 312 g/mol. The van der Waals surface area contributed by atoms with E-state index in [4.69, 9.17) is 4.74 Å². The number of anilines is 1. The largest absolute Gasteiger partial charge is 0.424 e. The van der Waals surface area contributed by atoms with Crippen LogP contribution >= 0.6 is 15.9 Å². The van der Waals surface area contributed by atoms with Crippen LogP contribution in [-0.4, -0.2) is 32.1 Å². The quantitative estimate of drug-likeness (QED) is 0.826. The molecule has 6 heteroatoms. The van der Waals surface area contributed by atoms with Gasteiger partial charge in [-0.2, -0.15) is 0 Å². The topological polar surface area (TPSA) is 58.6 Å². The van der Waals surface area contributed by atoms with Gasteiger partial charge in [-0.15, -0.1) is 0 Å². The standard InChI is InChI=1S/C13H15BrN2O3/c1-9(17)19-11-4-2-3-10(14)13(18)12(11)16-7-5-15-6-8-16/h2-4,15H,5-8H2,1H3. The third kappa shape index (κ3) is 3.33. The molecule has 0 radical (unpaired) electrons. The fourth-order valence-electron chi connectivity index (χ4n) is 2.02. The Hall–Kier alpha value is -1.40. The van der Waals surface area contributed by atoms with Crippen molar-refractivity contribution in [3.8, 4) is 5.75 Å². The summed E-state index contributed by atoms with van der Waals surface area (Å²) in [4.78, 5) is 25.5. The van der Waals surface area contributed by atoms with Crippen LogP contribution in [0.4, 0.5) is 5.69 Å². The van der Waals surface area contributed by atoms with Crippen molar-refractivity contribution in [1.29, 1.82) is 0 Å². The van der Waals surface area contributed by atoms with E-state index in [9.17, 15) is 9.59 Å². The molecule has 5 nitrogen and oxygen atoms in total. The minimum Gasteiger partial charge on any atom is -0.424 e. The van der Waals surface area contributed by atoms with Crippen molar-refractivity contribution in [2.24, 2.45) is 0 Å². The second-order valence-electron chi connectivity index (χ2n) is 4.25. The molecular formula is C13H15BrN2O3. The molecule has 1 heterocycles. The Balaban J connectivity index is 2.53. The van der Waals surface area contributed by atoms with Gasteiger partial charge in [0.05, 0.1) is 4.47 Å². The van der Waals surface area contributed by atoms with Crippen molar-refractivity contribution < 1.29 is 9.53 Å². The second-order valence-corrected chi connectivity index (χ2v) is 5.10. The van der Waals surface area contributed by atoms with Gasteiger partial charge in [0, 0.05) is 33.1 Å². The van der Waals surface area contributed by atoms with Gasteiger partial charge in [0.2, 0.25) is 5.43 Å². The van der Waals surface area contributed by atoms with E-state index in [1.165, 1.54) is 6.92 Å². The molecule has 1 saturated heterocycles. The third-order valence-electron chi connectivity index (χ3n) is 2.84.